The van der Waals surface area contributed by atoms with Crippen molar-refractivity contribution in [3.8, 4) is 0 Å². The molecule has 2 N–H and O–H groups in total. The van der Waals surface area contributed by atoms with Crippen LogP contribution in [0.3, 0.4) is 0 Å². The second kappa shape index (κ2) is 8.92. The predicted molar refractivity (Wildman–Crippen MR) is 46.1 cm³/mol. The zero-order chi connectivity index (χ0) is 8.57. The molecule has 0 radical (unpaired) electrons. The molecular weight excluding hydrogens is 126 g/mol. The van der Waals surface area contributed by atoms with Crippen LogP contribution in [-0.2, 0) is 4.74 Å². The maximum absolute atomic E-state index is 5.11. The van der Waals surface area contributed by atoms with Crippen LogP contribution < -0.4 is 5.73 Å². The minimum atomic E-state index is 0.333. The largest absolute Gasteiger partial charge is 0.379 e. The molecule has 0 bridgehead atoms. The first-order valence-electron chi connectivity index (χ1n) is 3.87. The molecule has 0 aromatic carbocycles. The van der Waals surface area contributed by atoms with Gasteiger partial charge in [0.25, 0.3) is 0 Å². The fraction of sp³-hybridized carbons (Fsp3) is 1.00. The molecule has 0 atom stereocenters. The Bertz CT molecular complexity index is 50.5. The normalized spacial score (nSPS) is 9.60. The molecule has 10 heavy (non-hydrogen) atoms. The van der Waals surface area contributed by atoms with E-state index >= 15 is 0 Å². The van der Waals surface area contributed by atoms with Crippen molar-refractivity contribution >= 4 is 0 Å². The zero-order valence-electron chi connectivity index (χ0n) is 7.85. The van der Waals surface area contributed by atoms with E-state index in [1.165, 1.54) is 0 Å². The fourth-order valence-corrected chi connectivity index (χ4v) is 0.333. The van der Waals surface area contributed by atoms with Crippen LogP contribution in [0.4, 0.5) is 0 Å². The van der Waals surface area contributed by atoms with E-state index in [1.54, 1.807) is 0 Å². The Kier molecular flexibility index (Phi) is 11.2. The van der Waals surface area contributed by atoms with Gasteiger partial charge in [-0.15, -0.1) is 0 Å². The van der Waals surface area contributed by atoms with E-state index in [0.717, 1.165) is 6.61 Å². The van der Waals surface area contributed by atoms with Crippen molar-refractivity contribution in [3.63, 3.8) is 0 Å². The Balaban J connectivity index is 0. The van der Waals surface area contributed by atoms with Gasteiger partial charge in [0.1, 0.15) is 0 Å². The van der Waals surface area contributed by atoms with Gasteiger partial charge in [-0.25, -0.2) is 0 Å². The van der Waals surface area contributed by atoms with Gasteiger partial charge < -0.3 is 10.5 Å². The topological polar surface area (TPSA) is 35.2 Å². The summed E-state index contributed by atoms with van der Waals surface area (Å²) in [4.78, 5) is 0. The molecule has 0 saturated carbocycles. The van der Waals surface area contributed by atoms with Crippen molar-refractivity contribution in [2.24, 2.45) is 5.73 Å². The molecule has 0 aromatic heterocycles. The highest BCUT2D eigenvalue weighted by atomic mass is 16.5. The highest BCUT2D eigenvalue weighted by Gasteiger charge is 1.83. The van der Waals surface area contributed by atoms with E-state index in [2.05, 4.69) is 0 Å². The summed E-state index contributed by atoms with van der Waals surface area (Å²) < 4.78 is 5.04. The van der Waals surface area contributed by atoms with Gasteiger partial charge in [0.2, 0.25) is 0 Å². The molecule has 0 spiro atoms. The highest BCUT2D eigenvalue weighted by molar-refractivity contribution is 4.32. The summed E-state index contributed by atoms with van der Waals surface area (Å²) >= 11 is 0. The summed E-state index contributed by atoms with van der Waals surface area (Å²) in [5.41, 5.74) is 5.11. The third kappa shape index (κ3) is 44.5. The molecule has 64 valence electrons. The Morgan fingerprint density at radius 3 is 1.50 bits per heavy atom. The Hall–Kier alpha value is -0.0800. The van der Waals surface area contributed by atoms with Gasteiger partial charge in [0.15, 0.2) is 0 Å². The number of hydrogen-bond acceptors (Lipinski definition) is 2. The summed E-state index contributed by atoms with van der Waals surface area (Å²) in [6, 6.07) is 0.333. The standard InChI is InChI=1S/C5H12O.C3H9N/c1-4-6-5(2)3;1-3(2)4/h5H,4H2,1-3H3;3H,4H2,1-2H3. The molecular formula is C8H21NO. The minimum absolute atomic E-state index is 0.333. The molecule has 0 aliphatic heterocycles. The van der Waals surface area contributed by atoms with Gasteiger partial charge in [-0.2, -0.15) is 0 Å². The van der Waals surface area contributed by atoms with Gasteiger partial charge in [-0.1, -0.05) is 13.8 Å². The smallest absolute Gasteiger partial charge is 0.0518 e. The minimum Gasteiger partial charge on any atom is -0.379 e. The second-order valence-electron chi connectivity index (χ2n) is 2.75. The first-order valence-corrected chi connectivity index (χ1v) is 3.87. The number of nitrogens with two attached hydrogens (primary N) is 1. The van der Waals surface area contributed by atoms with Crippen LogP contribution in [0.1, 0.15) is 34.6 Å². The predicted octanol–water partition coefficient (Wildman–Crippen LogP) is 1.78. The average Bonchev–Trinajstić information content (AvgIpc) is 1.62. The van der Waals surface area contributed by atoms with Crippen LogP contribution >= 0.6 is 0 Å². The van der Waals surface area contributed by atoms with Crippen molar-refractivity contribution in [3.05, 3.63) is 0 Å². The Morgan fingerprint density at radius 1 is 1.20 bits per heavy atom. The van der Waals surface area contributed by atoms with E-state index in [9.17, 15) is 0 Å². The van der Waals surface area contributed by atoms with Crippen LogP contribution in [0.15, 0.2) is 0 Å². The summed E-state index contributed by atoms with van der Waals surface area (Å²) in [6.45, 7) is 10.8. The van der Waals surface area contributed by atoms with Crippen LogP contribution in [0, 0.1) is 0 Å². The lowest BCUT2D eigenvalue weighted by atomic mass is 10.5. The number of ether oxygens (including phenoxy) is 1. The Labute approximate surface area is 64.8 Å². The maximum atomic E-state index is 5.11. The monoisotopic (exact) mass is 147 g/mol. The third-order valence-corrected chi connectivity index (χ3v) is 0.500. The maximum Gasteiger partial charge on any atom is 0.0518 e. The molecule has 2 nitrogen and oxygen atoms in total. The summed E-state index contributed by atoms with van der Waals surface area (Å²) in [5, 5.41) is 0. The van der Waals surface area contributed by atoms with Gasteiger partial charge >= 0.3 is 0 Å². The molecule has 2 heteroatoms. The van der Waals surface area contributed by atoms with E-state index in [-0.39, 0.29) is 0 Å². The van der Waals surface area contributed by atoms with Crippen LogP contribution in [0.5, 0.6) is 0 Å². The van der Waals surface area contributed by atoms with Crippen LogP contribution in [-0.4, -0.2) is 18.8 Å². The first kappa shape index (κ1) is 12.6. The number of hydrogen-bond donors (Lipinski definition) is 1. The third-order valence-electron chi connectivity index (χ3n) is 0.500. The summed E-state index contributed by atoms with van der Waals surface area (Å²) in [6.07, 6.45) is 0.398. The molecule has 0 rings (SSSR count). The molecule has 0 unspecified atom stereocenters. The molecule has 0 aliphatic carbocycles. The van der Waals surface area contributed by atoms with E-state index < -0.39 is 0 Å². The number of rotatable bonds is 2. The van der Waals surface area contributed by atoms with Crippen molar-refractivity contribution in [2.75, 3.05) is 6.61 Å². The van der Waals surface area contributed by atoms with Crippen LogP contribution in [0.25, 0.3) is 0 Å². The molecule has 0 heterocycles. The van der Waals surface area contributed by atoms with Crippen molar-refractivity contribution in [1.82, 2.24) is 0 Å². The molecule has 0 aliphatic rings. The lowest BCUT2D eigenvalue weighted by molar-refractivity contribution is 0.0899. The molecule has 0 amide bonds. The zero-order valence-corrected chi connectivity index (χ0v) is 7.85. The summed E-state index contributed by atoms with van der Waals surface area (Å²) in [5.74, 6) is 0. The van der Waals surface area contributed by atoms with E-state index in [4.69, 9.17) is 10.5 Å². The molecule has 0 saturated heterocycles. The lowest BCUT2D eigenvalue weighted by Gasteiger charge is -2.00. The van der Waals surface area contributed by atoms with Gasteiger partial charge in [0, 0.05) is 6.61 Å². The van der Waals surface area contributed by atoms with Crippen molar-refractivity contribution < 1.29 is 4.74 Å². The Morgan fingerprint density at radius 2 is 1.50 bits per heavy atom. The highest BCUT2D eigenvalue weighted by Crippen LogP contribution is 1.83. The van der Waals surface area contributed by atoms with Crippen molar-refractivity contribution in [2.45, 2.75) is 46.8 Å². The summed E-state index contributed by atoms with van der Waals surface area (Å²) in [7, 11) is 0. The average molecular weight is 147 g/mol. The van der Waals surface area contributed by atoms with Crippen molar-refractivity contribution in [1.29, 1.82) is 0 Å². The van der Waals surface area contributed by atoms with Gasteiger partial charge in [-0.05, 0) is 26.8 Å². The molecule has 0 fully saturated rings. The fourth-order valence-electron chi connectivity index (χ4n) is 0.333. The van der Waals surface area contributed by atoms with E-state index in [1.807, 2.05) is 34.6 Å². The quantitative estimate of drug-likeness (QED) is 0.646. The molecule has 0 aromatic rings. The first-order chi connectivity index (χ1) is 4.50. The van der Waals surface area contributed by atoms with E-state index in [0.29, 0.717) is 12.1 Å². The second-order valence-corrected chi connectivity index (χ2v) is 2.75. The lowest BCUT2D eigenvalue weighted by Crippen LogP contribution is -2.06. The van der Waals surface area contributed by atoms with Gasteiger partial charge in [-0.3, -0.25) is 0 Å². The SMILES string of the molecule is CC(C)N.CCOC(C)C. The van der Waals surface area contributed by atoms with Crippen LogP contribution in [0.2, 0.25) is 0 Å². The van der Waals surface area contributed by atoms with Gasteiger partial charge in [0.05, 0.1) is 6.10 Å².